The van der Waals surface area contributed by atoms with Gasteiger partial charge >= 0.3 is 5.97 Å². The summed E-state index contributed by atoms with van der Waals surface area (Å²) in [4.78, 5) is 36.0. The summed E-state index contributed by atoms with van der Waals surface area (Å²) in [5.74, 6) is -1.38. The maximum absolute atomic E-state index is 11.8. The molecule has 0 saturated carbocycles. The number of primary amides is 1. The monoisotopic (exact) mass is 311 g/mol. The fraction of sp³-hybridized carbons (Fsp3) is 0.533. The van der Waals surface area contributed by atoms with Crippen molar-refractivity contribution in [2.45, 2.75) is 25.8 Å². The smallest absolute Gasteiger partial charge is 0.330 e. The summed E-state index contributed by atoms with van der Waals surface area (Å²) in [6.07, 6.45) is 2.80. The van der Waals surface area contributed by atoms with Crippen molar-refractivity contribution in [2.24, 2.45) is 11.7 Å². The van der Waals surface area contributed by atoms with Crippen molar-refractivity contribution in [1.29, 1.82) is 0 Å². The second-order valence-electron chi connectivity index (χ2n) is 5.40. The molecule has 2 unspecified atom stereocenters. The molecule has 124 valence electrons. The highest BCUT2D eigenvalue weighted by Crippen LogP contribution is 2.23. The van der Waals surface area contributed by atoms with Gasteiger partial charge < -0.3 is 15.7 Å². The molecule has 0 aromatic heterocycles. The van der Waals surface area contributed by atoms with E-state index in [9.17, 15) is 14.4 Å². The van der Waals surface area contributed by atoms with E-state index in [1.54, 1.807) is 23.9 Å². The quantitative estimate of drug-likeness (QED) is 0.692. The lowest BCUT2D eigenvalue weighted by molar-refractivity contribution is -0.133. The molecule has 2 amide bonds. The fourth-order valence-corrected chi connectivity index (χ4v) is 2.01. The van der Waals surface area contributed by atoms with Gasteiger partial charge in [0, 0.05) is 18.0 Å². The maximum Gasteiger partial charge on any atom is 0.330 e. The number of carboxylic acid groups (broad SMARTS) is 1. The molecule has 0 spiro atoms. The predicted molar refractivity (Wildman–Crippen MR) is 83.8 cm³/mol. The third-order valence-corrected chi connectivity index (χ3v) is 3.40. The number of nitrogens with two attached hydrogens (primary N) is 1. The third-order valence-electron chi connectivity index (χ3n) is 3.40. The summed E-state index contributed by atoms with van der Waals surface area (Å²) in [5.41, 5.74) is 5.48. The lowest BCUT2D eigenvalue weighted by Crippen LogP contribution is -2.42. The molecule has 0 bridgehead atoms. The molecule has 3 N–H and O–H groups in total. The van der Waals surface area contributed by atoms with E-state index in [-0.39, 0.29) is 29.3 Å². The molecule has 1 rings (SSSR count). The van der Waals surface area contributed by atoms with Crippen LogP contribution in [0.3, 0.4) is 0 Å². The number of amides is 2. The van der Waals surface area contributed by atoms with Gasteiger partial charge in [-0.3, -0.25) is 14.5 Å². The van der Waals surface area contributed by atoms with Gasteiger partial charge in [0.05, 0.1) is 6.04 Å². The molecule has 1 heterocycles. The average Bonchev–Trinajstić information content (AvgIpc) is 2.76. The van der Waals surface area contributed by atoms with Gasteiger partial charge in [0.1, 0.15) is 0 Å². The minimum Gasteiger partial charge on any atom is -0.478 e. The Labute approximate surface area is 131 Å². The van der Waals surface area contributed by atoms with Gasteiger partial charge in [-0.1, -0.05) is 13.2 Å². The van der Waals surface area contributed by atoms with Crippen LogP contribution in [-0.4, -0.2) is 59.4 Å². The first-order valence-electron chi connectivity index (χ1n) is 6.89. The Morgan fingerprint density at radius 2 is 2.05 bits per heavy atom. The number of rotatable bonds is 6. The van der Waals surface area contributed by atoms with Crippen LogP contribution in [0, 0.1) is 5.92 Å². The van der Waals surface area contributed by atoms with E-state index in [2.05, 4.69) is 13.2 Å². The number of nitrogens with zero attached hydrogens (tertiary/aromatic N) is 2. The number of likely N-dealkylation sites (N-methyl/N-ethyl adjacent to an activating group) is 1. The van der Waals surface area contributed by atoms with Crippen molar-refractivity contribution in [1.82, 2.24) is 9.80 Å². The molecule has 0 aromatic carbocycles. The predicted octanol–water partition coefficient (Wildman–Crippen LogP) is 0.431. The minimum absolute atomic E-state index is 0.0445. The van der Waals surface area contributed by atoms with Gasteiger partial charge in [-0.2, -0.15) is 0 Å². The molecule has 0 aromatic rings. The number of likely N-dealkylation sites (tertiary alicyclic amines) is 1. The highest BCUT2D eigenvalue weighted by molar-refractivity contribution is 5.85. The van der Waals surface area contributed by atoms with Crippen LogP contribution < -0.4 is 5.73 Å². The Hall–Kier alpha value is -2.15. The van der Waals surface area contributed by atoms with Gasteiger partial charge in [0.2, 0.25) is 11.8 Å². The summed E-state index contributed by atoms with van der Waals surface area (Å²) in [6.45, 7) is 8.87. The lowest BCUT2D eigenvalue weighted by Gasteiger charge is -2.23. The van der Waals surface area contributed by atoms with Crippen LogP contribution in [0.2, 0.25) is 0 Å². The maximum atomic E-state index is 11.8. The van der Waals surface area contributed by atoms with Crippen LogP contribution in [0.4, 0.5) is 0 Å². The molecule has 2 atom stereocenters. The van der Waals surface area contributed by atoms with Crippen molar-refractivity contribution in [3.05, 3.63) is 24.9 Å². The Kier molecular flexibility index (Phi) is 8.11. The van der Waals surface area contributed by atoms with E-state index in [0.29, 0.717) is 13.0 Å². The van der Waals surface area contributed by atoms with Crippen molar-refractivity contribution < 1.29 is 19.5 Å². The Balaban J connectivity index is 0.000000626. The van der Waals surface area contributed by atoms with Gasteiger partial charge in [0.15, 0.2) is 0 Å². The van der Waals surface area contributed by atoms with Crippen molar-refractivity contribution in [3.63, 3.8) is 0 Å². The number of hydrogen-bond donors (Lipinski definition) is 2. The minimum atomic E-state index is -0.935. The van der Waals surface area contributed by atoms with Crippen LogP contribution in [0.5, 0.6) is 0 Å². The number of aliphatic carboxylic acids is 1. The normalized spacial score (nSPS) is 18.5. The summed E-state index contributed by atoms with van der Waals surface area (Å²) < 4.78 is 0. The lowest BCUT2D eigenvalue weighted by atomic mass is 9.97. The molecule has 1 aliphatic rings. The Bertz CT molecular complexity index is 448. The number of carbonyl (C=O) groups excluding carboxylic acids is 2. The molecule has 1 saturated heterocycles. The van der Waals surface area contributed by atoms with Gasteiger partial charge in [-0.25, -0.2) is 4.79 Å². The van der Waals surface area contributed by atoms with Crippen molar-refractivity contribution >= 4 is 17.8 Å². The summed E-state index contributed by atoms with van der Waals surface area (Å²) >= 11 is 0. The number of carbonyl (C=O) groups is 3. The van der Waals surface area contributed by atoms with Crippen LogP contribution in [0.1, 0.15) is 19.8 Å². The molecule has 22 heavy (non-hydrogen) atoms. The van der Waals surface area contributed by atoms with E-state index in [1.807, 2.05) is 0 Å². The van der Waals surface area contributed by atoms with E-state index < -0.39 is 5.97 Å². The molecule has 7 nitrogen and oxygen atoms in total. The third kappa shape index (κ3) is 6.09. The van der Waals surface area contributed by atoms with E-state index in [1.165, 1.54) is 13.1 Å². The van der Waals surface area contributed by atoms with Gasteiger partial charge in [-0.05, 0) is 40.1 Å². The van der Waals surface area contributed by atoms with Crippen LogP contribution in [0.15, 0.2) is 24.9 Å². The molecule has 0 aliphatic carbocycles. The van der Waals surface area contributed by atoms with E-state index in [4.69, 9.17) is 10.8 Å². The first-order chi connectivity index (χ1) is 10.1. The standard InChI is InChI=1S/C11H19N3O2.C4H6O2/c1-4-14-6-5-8(11(14)16)7-9(10(12)15)13(2)3;1-3(2)4(5)6/h4,8-9H,1,5-7H2,2-3H3,(H2,12,15);1H2,2H3,(H,5,6). The fourth-order valence-electron chi connectivity index (χ4n) is 2.01. The number of carboxylic acids is 1. The van der Waals surface area contributed by atoms with Crippen molar-refractivity contribution in [3.8, 4) is 0 Å². The zero-order valence-corrected chi connectivity index (χ0v) is 13.4. The largest absolute Gasteiger partial charge is 0.478 e. The van der Waals surface area contributed by atoms with E-state index >= 15 is 0 Å². The van der Waals surface area contributed by atoms with Crippen molar-refractivity contribution in [2.75, 3.05) is 20.6 Å². The highest BCUT2D eigenvalue weighted by atomic mass is 16.4. The second kappa shape index (κ2) is 8.99. The van der Waals surface area contributed by atoms with Crippen LogP contribution in [-0.2, 0) is 14.4 Å². The molecular weight excluding hydrogens is 286 g/mol. The van der Waals surface area contributed by atoms with Crippen LogP contribution >= 0.6 is 0 Å². The molecular formula is C15H25N3O4. The highest BCUT2D eigenvalue weighted by Gasteiger charge is 2.34. The van der Waals surface area contributed by atoms with E-state index in [0.717, 1.165) is 6.42 Å². The average molecular weight is 311 g/mol. The zero-order valence-electron chi connectivity index (χ0n) is 13.4. The summed E-state index contributed by atoms with van der Waals surface area (Å²) in [6, 6.07) is -0.376. The second-order valence-corrected chi connectivity index (χ2v) is 5.40. The van der Waals surface area contributed by atoms with Crippen LogP contribution in [0.25, 0.3) is 0 Å². The molecule has 7 heteroatoms. The molecule has 0 radical (unpaired) electrons. The summed E-state index contributed by atoms with van der Waals surface area (Å²) in [7, 11) is 3.58. The summed E-state index contributed by atoms with van der Waals surface area (Å²) in [5, 5.41) is 7.89. The SMILES string of the molecule is C=C(C)C(=O)O.C=CN1CCC(CC(C(N)=O)N(C)C)C1=O. The topological polar surface area (TPSA) is 104 Å². The molecule has 1 aliphatic heterocycles. The van der Waals surface area contributed by atoms with Gasteiger partial charge in [0.25, 0.3) is 0 Å². The zero-order chi connectivity index (χ0) is 17.4. The van der Waals surface area contributed by atoms with Gasteiger partial charge in [-0.15, -0.1) is 0 Å². The first-order valence-corrected chi connectivity index (χ1v) is 6.89. The Morgan fingerprint density at radius 3 is 2.32 bits per heavy atom. The number of hydrogen-bond acceptors (Lipinski definition) is 4. The Morgan fingerprint density at radius 1 is 1.55 bits per heavy atom. The first kappa shape index (κ1) is 19.9. The molecule has 1 fully saturated rings.